The molecule has 3 aromatic rings. The standard InChI is InChI=1S/C15H11Br2N3S/c1-2-5-20-12-4-3-9(8-18)6-11(12)19-15(20)13-7-10(16)14(17)21-13/h3-4,6-7H,2,5H2,1H3. The van der Waals surface area contributed by atoms with Gasteiger partial charge in [0.05, 0.1) is 31.3 Å². The van der Waals surface area contributed by atoms with Gasteiger partial charge in [-0.05, 0) is 62.5 Å². The number of imidazole rings is 1. The summed E-state index contributed by atoms with van der Waals surface area (Å²) in [7, 11) is 0. The third-order valence-corrected chi connectivity index (χ3v) is 6.44. The molecule has 0 radical (unpaired) electrons. The summed E-state index contributed by atoms with van der Waals surface area (Å²) in [6, 6.07) is 9.93. The van der Waals surface area contributed by atoms with Crippen LogP contribution in [-0.4, -0.2) is 9.55 Å². The molecule has 0 aliphatic heterocycles. The number of aryl methyl sites for hydroxylation is 1. The van der Waals surface area contributed by atoms with E-state index in [1.54, 1.807) is 11.3 Å². The molecule has 0 saturated carbocycles. The molecule has 1 aromatic carbocycles. The second kappa shape index (κ2) is 5.91. The van der Waals surface area contributed by atoms with Gasteiger partial charge in [0.2, 0.25) is 0 Å². The van der Waals surface area contributed by atoms with Crippen molar-refractivity contribution in [3.8, 4) is 16.8 Å². The summed E-state index contributed by atoms with van der Waals surface area (Å²) in [6.45, 7) is 3.06. The Morgan fingerprint density at radius 1 is 1.33 bits per heavy atom. The second-order valence-corrected chi connectivity index (χ2v) is 7.86. The summed E-state index contributed by atoms with van der Waals surface area (Å²) in [5.74, 6) is 0.957. The molecule has 21 heavy (non-hydrogen) atoms. The summed E-state index contributed by atoms with van der Waals surface area (Å²) in [4.78, 5) is 5.85. The van der Waals surface area contributed by atoms with Crippen LogP contribution in [0.4, 0.5) is 0 Å². The van der Waals surface area contributed by atoms with Gasteiger partial charge >= 0.3 is 0 Å². The zero-order chi connectivity index (χ0) is 15.0. The SMILES string of the molecule is CCCn1c(-c2cc(Br)c(Br)s2)nc2cc(C#N)ccc21. The van der Waals surface area contributed by atoms with Gasteiger partial charge in [0.25, 0.3) is 0 Å². The average molecular weight is 425 g/mol. The molecular weight excluding hydrogens is 414 g/mol. The Balaban J connectivity index is 2.25. The molecule has 0 saturated heterocycles. The molecule has 0 aliphatic carbocycles. The number of nitriles is 1. The maximum atomic E-state index is 9.04. The molecule has 2 aromatic heterocycles. The lowest BCUT2D eigenvalue weighted by atomic mass is 10.2. The number of benzene rings is 1. The Kier molecular flexibility index (Phi) is 4.16. The van der Waals surface area contributed by atoms with E-state index in [0.29, 0.717) is 5.56 Å². The molecule has 3 rings (SSSR count). The minimum atomic E-state index is 0.642. The van der Waals surface area contributed by atoms with E-state index in [4.69, 9.17) is 10.2 Å². The van der Waals surface area contributed by atoms with Crippen molar-refractivity contribution >= 4 is 54.2 Å². The zero-order valence-corrected chi connectivity index (χ0v) is 15.2. The van der Waals surface area contributed by atoms with Crippen LogP contribution >= 0.6 is 43.2 Å². The van der Waals surface area contributed by atoms with E-state index in [9.17, 15) is 0 Å². The van der Waals surface area contributed by atoms with E-state index in [2.05, 4.69) is 55.5 Å². The monoisotopic (exact) mass is 423 g/mol. The van der Waals surface area contributed by atoms with Gasteiger partial charge in [-0.25, -0.2) is 4.98 Å². The highest BCUT2D eigenvalue weighted by molar-refractivity contribution is 9.13. The lowest BCUT2D eigenvalue weighted by molar-refractivity contribution is 0.705. The van der Waals surface area contributed by atoms with Crippen LogP contribution < -0.4 is 0 Å². The van der Waals surface area contributed by atoms with Crippen molar-refractivity contribution < 1.29 is 0 Å². The quantitative estimate of drug-likeness (QED) is 0.551. The van der Waals surface area contributed by atoms with Crippen molar-refractivity contribution in [1.29, 1.82) is 5.26 Å². The minimum absolute atomic E-state index is 0.642. The molecule has 106 valence electrons. The molecule has 0 amide bonds. The van der Waals surface area contributed by atoms with Gasteiger partial charge in [0, 0.05) is 11.0 Å². The Hall–Kier alpha value is -1.16. The van der Waals surface area contributed by atoms with Crippen LogP contribution in [0.3, 0.4) is 0 Å². The first-order valence-corrected chi connectivity index (χ1v) is 8.90. The van der Waals surface area contributed by atoms with Crippen molar-refractivity contribution in [3.63, 3.8) is 0 Å². The van der Waals surface area contributed by atoms with E-state index in [-0.39, 0.29) is 0 Å². The van der Waals surface area contributed by atoms with Crippen LogP contribution in [0, 0.1) is 11.3 Å². The predicted molar refractivity (Wildman–Crippen MR) is 93.5 cm³/mol. The Labute approximate surface area is 143 Å². The minimum Gasteiger partial charge on any atom is -0.323 e. The van der Waals surface area contributed by atoms with Crippen molar-refractivity contribution in [1.82, 2.24) is 9.55 Å². The Bertz CT molecular complexity index is 838. The molecule has 0 aliphatic rings. The second-order valence-electron chi connectivity index (χ2n) is 4.63. The number of aromatic nitrogens is 2. The Morgan fingerprint density at radius 2 is 2.14 bits per heavy atom. The molecule has 3 nitrogen and oxygen atoms in total. The van der Waals surface area contributed by atoms with E-state index in [1.165, 1.54) is 0 Å². The topological polar surface area (TPSA) is 41.6 Å². The maximum Gasteiger partial charge on any atom is 0.151 e. The fourth-order valence-electron chi connectivity index (χ4n) is 2.29. The van der Waals surface area contributed by atoms with Crippen LogP contribution in [0.1, 0.15) is 18.9 Å². The number of rotatable bonds is 3. The number of hydrogen-bond acceptors (Lipinski definition) is 3. The number of thiophene rings is 1. The van der Waals surface area contributed by atoms with Gasteiger partial charge in [-0.2, -0.15) is 5.26 Å². The highest BCUT2D eigenvalue weighted by atomic mass is 79.9. The molecule has 0 spiro atoms. The molecule has 6 heteroatoms. The smallest absolute Gasteiger partial charge is 0.151 e. The van der Waals surface area contributed by atoms with Gasteiger partial charge in [0.15, 0.2) is 5.82 Å². The fraction of sp³-hybridized carbons (Fsp3) is 0.200. The largest absolute Gasteiger partial charge is 0.323 e. The highest BCUT2D eigenvalue weighted by Crippen LogP contribution is 2.39. The molecule has 2 heterocycles. The highest BCUT2D eigenvalue weighted by Gasteiger charge is 2.16. The van der Waals surface area contributed by atoms with Crippen LogP contribution in [0.2, 0.25) is 0 Å². The predicted octanol–water partition coefficient (Wildman–Crippen LogP) is 5.57. The van der Waals surface area contributed by atoms with Gasteiger partial charge < -0.3 is 4.57 Å². The van der Waals surface area contributed by atoms with E-state index in [1.807, 2.05) is 18.2 Å². The van der Waals surface area contributed by atoms with Gasteiger partial charge in [0.1, 0.15) is 0 Å². The first kappa shape index (κ1) is 14.8. The fourth-order valence-corrected chi connectivity index (χ4v) is 4.33. The molecule has 0 N–H and O–H groups in total. The van der Waals surface area contributed by atoms with Gasteiger partial charge in [-0.1, -0.05) is 6.92 Å². The summed E-state index contributed by atoms with van der Waals surface area (Å²) >= 11 is 8.72. The van der Waals surface area contributed by atoms with Gasteiger partial charge in [-0.3, -0.25) is 0 Å². The third kappa shape index (κ3) is 2.66. The molecule has 0 fully saturated rings. The maximum absolute atomic E-state index is 9.04. The van der Waals surface area contributed by atoms with Crippen LogP contribution in [0.25, 0.3) is 21.7 Å². The first-order valence-electron chi connectivity index (χ1n) is 6.49. The number of hydrogen-bond donors (Lipinski definition) is 0. The average Bonchev–Trinajstić information content (AvgIpc) is 3.00. The van der Waals surface area contributed by atoms with Crippen molar-refractivity contribution in [2.75, 3.05) is 0 Å². The first-order chi connectivity index (χ1) is 10.1. The number of nitrogens with zero attached hydrogens (tertiary/aromatic N) is 3. The van der Waals surface area contributed by atoms with E-state index >= 15 is 0 Å². The molecular formula is C15H11Br2N3S. The Morgan fingerprint density at radius 3 is 2.76 bits per heavy atom. The van der Waals surface area contributed by atoms with E-state index in [0.717, 1.165) is 43.0 Å². The lowest BCUT2D eigenvalue weighted by Crippen LogP contribution is -1.98. The number of fused-ring (bicyclic) bond motifs is 1. The normalized spacial score (nSPS) is 11.0. The van der Waals surface area contributed by atoms with Gasteiger partial charge in [-0.15, -0.1) is 11.3 Å². The molecule has 0 unspecified atom stereocenters. The number of halogens is 2. The van der Waals surface area contributed by atoms with Crippen LogP contribution in [0.5, 0.6) is 0 Å². The summed E-state index contributed by atoms with van der Waals surface area (Å²) in [6.07, 6.45) is 1.03. The summed E-state index contributed by atoms with van der Waals surface area (Å²) in [5, 5.41) is 9.04. The molecule has 0 atom stereocenters. The van der Waals surface area contributed by atoms with Crippen molar-refractivity contribution in [3.05, 3.63) is 38.1 Å². The van der Waals surface area contributed by atoms with Crippen molar-refractivity contribution in [2.45, 2.75) is 19.9 Å². The van der Waals surface area contributed by atoms with Crippen LogP contribution in [-0.2, 0) is 6.54 Å². The van der Waals surface area contributed by atoms with Crippen molar-refractivity contribution in [2.24, 2.45) is 0 Å². The zero-order valence-electron chi connectivity index (χ0n) is 11.2. The summed E-state index contributed by atoms with van der Waals surface area (Å²) in [5.41, 5.74) is 2.59. The van der Waals surface area contributed by atoms with Crippen LogP contribution in [0.15, 0.2) is 32.5 Å². The lowest BCUT2D eigenvalue weighted by Gasteiger charge is -2.05. The summed E-state index contributed by atoms with van der Waals surface area (Å²) < 4.78 is 4.32. The third-order valence-electron chi connectivity index (χ3n) is 3.19. The van der Waals surface area contributed by atoms with E-state index < -0.39 is 0 Å². The molecule has 0 bridgehead atoms.